The van der Waals surface area contributed by atoms with Gasteiger partial charge in [-0.2, -0.15) is 11.8 Å². The average Bonchev–Trinajstić information content (AvgIpc) is 2.31. The standard InChI is InChI=1S/C13H21FN2S/c1-10(9-17-3)16(2)8-11-4-5-13(14)12(6-11)7-15/h4-6,10H,7-9,15H2,1-3H3. The van der Waals surface area contributed by atoms with Crippen molar-refractivity contribution in [3.05, 3.63) is 35.1 Å². The van der Waals surface area contributed by atoms with Crippen molar-refractivity contribution in [3.63, 3.8) is 0 Å². The molecule has 1 unspecified atom stereocenters. The zero-order valence-electron chi connectivity index (χ0n) is 10.7. The number of halogens is 1. The lowest BCUT2D eigenvalue weighted by Gasteiger charge is -2.24. The van der Waals surface area contributed by atoms with E-state index >= 15 is 0 Å². The van der Waals surface area contributed by atoms with Crippen molar-refractivity contribution in [2.75, 3.05) is 19.1 Å². The second-order valence-corrected chi connectivity index (χ2v) is 5.26. The van der Waals surface area contributed by atoms with E-state index in [0.29, 0.717) is 11.6 Å². The molecule has 0 saturated heterocycles. The summed E-state index contributed by atoms with van der Waals surface area (Å²) in [4.78, 5) is 2.27. The Morgan fingerprint density at radius 3 is 2.76 bits per heavy atom. The van der Waals surface area contributed by atoms with Crippen LogP contribution in [0.3, 0.4) is 0 Å². The first-order chi connectivity index (χ1) is 8.08. The lowest BCUT2D eigenvalue weighted by molar-refractivity contribution is 0.269. The quantitative estimate of drug-likeness (QED) is 0.848. The molecule has 0 saturated carbocycles. The third-order valence-electron chi connectivity index (χ3n) is 2.92. The molecule has 1 rings (SSSR count). The van der Waals surface area contributed by atoms with E-state index in [1.54, 1.807) is 0 Å². The number of nitrogens with two attached hydrogens (primary N) is 1. The Kier molecular flexibility index (Phi) is 5.95. The van der Waals surface area contributed by atoms with E-state index in [-0.39, 0.29) is 12.4 Å². The van der Waals surface area contributed by atoms with E-state index in [1.165, 1.54) is 6.07 Å². The van der Waals surface area contributed by atoms with Gasteiger partial charge in [-0.05, 0) is 31.9 Å². The molecular formula is C13H21FN2S. The highest BCUT2D eigenvalue weighted by Crippen LogP contribution is 2.13. The first kappa shape index (κ1) is 14.5. The summed E-state index contributed by atoms with van der Waals surface area (Å²) >= 11 is 1.84. The molecule has 0 radical (unpaired) electrons. The van der Waals surface area contributed by atoms with Crippen molar-refractivity contribution in [1.82, 2.24) is 4.90 Å². The van der Waals surface area contributed by atoms with Crippen LogP contribution in [0, 0.1) is 5.82 Å². The van der Waals surface area contributed by atoms with Gasteiger partial charge in [-0.15, -0.1) is 0 Å². The summed E-state index contributed by atoms with van der Waals surface area (Å²) in [5.74, 6) is 0.887. The van der Waals surface area contributed by atoms with Crippen molar-refractivity contribution in [1.29, 1.82) is 0 Å². The summed E-state index contributed by atoms with van der Waals surface area (Å²) in [7, 11) is 2.09. The van der Waals surface area contributed by atoms with Gasteiger partial charge in [-0.25, -0.2) is 4.39 Å². The monoisotopic (exact) mass is 256 g/mol. The van der Waals surface area contributed by atoms with Crippen LogP contribution in [-0.4, -0.2) is 30.0 Å². The fourth-order valence-electron chi connectivity index (χ4n) is 1.70. The number of thioether (sulfide) groups is 1. The molecule has 0 heterocycles. The number of hydrogen-bond acceptors (Lipinski definition) is 3. The fourth-order valence-corrected chi connectivity index (χ4v) is 2.43. The van der Waals surface area contributed by atoms with Crippen LogP contribution in [0.15, 0.2) is 18.2 Å². The van der Waals surface area contributed by atoms with E-state index in [2.05, 4.69) is 25.1 Å². The second-order valence-electron chi connectivity index (χ2n) is 4.35. The zero-order valence-corrected chi connectivity index (χ0v) is 11.6. The fraction of sp³-hybridized carbons (Fsp3) is 0.538. The van der Waals surface area contributed by atoms with Gasteiger partial charge in [0.25, 0.3) is 0 Å². The highest BCUT2D eigenvalue weighted by atomic mass is 32.2. The molecule has 17 heavy (non-hydrogen) atoms. The molecule has 0 aliphatic carbocycles. The largest absolute Gasteiger partial charge is 0.326 e. The van der Waals surface area contributed by atoms with Crippen molar-refractivity contribution in [2.45, 2.75) is 26.1 Å². The van der Waals surface area contributed by atoms with Crippen molar-refractivity contribution in [3.8, 4) is 0 Å². The summed E-state index contributed by atoms with van der Waals surface area (Å²) in [6, 6.07) is 5.70. The minimum absolute atomic E-state index is 0.212. The average molecular weight is 256 g/mol. The second kappa shape index (κ2) is 6.99. The summed E-state index contributed by atoms with van der Waals surface area (Å²) in [5.41, 5.74) is 7.21. The Morgan fingerprint density at radius 1 is 1.47 bits per heavy atom. The van der Waals surface area contributed by atoms with E-state index in [4.69, 9.17) is 5.73 Å². The number of rotatable bonds is 6. The summed E-state index contributed by atoms with van der Waals surface area (Å²) in [6.45, 7) is 3.28. The molecule has 2 N–H and O–H groups in total. The van der Waals surface area contributed by atoms with Crippen LogP contribution in [0.25, 0.3) is 0 Å². The molecular weight excluding hydrogens is 235 g/mol. The van der Waals surface area contributed by atoms with E-state index in [0.717, 1.165) is 17.9 Å². The molecule has 0 amide bonds. The van der Waals surface area contributed by atoms with E-state index in [1.807, 2.05) is 23.9 Å². The molecule has 4 heteroatoms. The summed E-state index contributed by atoms with van der Waals surface area (Å²) < 4.78 is 13.3. The van der Waals surface area contributed by atoms with Gasteiger partial charge in [-0.1, -0.05) is 12.1 Å². The Bertz CT molecular complexity index is 357. The lowest BCUT2D eigenvalue weighted by atomic mass is 10.1. The topological polar surface area (TPSA) is 29.3 Å². The Hall–Kier alpha value is -0.580. The first-order valence-electron chi connectivity index (χ1n) is 5.75. The molecule has 0 fully saturated rings. The maximum Gasteiger partial charge on any atom is 0.127 e. The van der Waals surface area contributed by atoms with Gasteiger partial charge in [0.2, 0.25) is 0 Å². The van der Waals surface area contributed by atoms with Crippen molar-refractivity contribution < 1.29 is 4.39 Å². The van der Waals surface area contributed by atoms with Crippen LogP contribution in [-0.2, 0) is 13.1 Å². The van der Waals surface area contributed by atoms with Crippen LogP contribution in [0.5, 0.6) is 0 Å². The molecule has 0 aromatic heterocycles. The maximum absolute atomic E-state index is 13.3. The van der Waals surface area contributed by atoms with Gasteiger partial charge in [-0.3, -0.25) is 4.90 Å². The van der Waals surface area contributed by atoms with Crippen molar-refractivity contribution in [2.24, 2.45) is 5.73 Å². The molecule has 0 aliphatic heterocycles. The minimum Gasteiger partial charge on any atom is -0.326 e. The molecule has 96 valence electrons. The van der Waals surface area contributed by atoms with Crippen LogP contribution in [0.1, 0.15) is 18.1 Å². The van der Waals surface area contributed by atoms with Crippen LogP contribution in [0.4, 0.5) is 4.39 Å². The molecule has 1 aromatic carbocycles. The highest BCUT2D eigenvalue weighted by molar-refractivity contribution is 7.98. The molecule has 1 atom stereocenters. The summed E-state index contributed by atoms with van der Waals surface area (Å²) in [6.07, 6.45) is 2.11. The minimum atomic E-state index is -0.212. The number of benzene rings is 1. The Balaban J connectivity index is 2.68. The van der Waals surface area contributed by atoms with E-state index < -0.39 is 0 Å². The predicted molar refractivity (Wildman–Crippen MR) is 73.6 cm³/mol. The number of hydrogen-bond donors (Lipinski definition) is 1. The first-order valence-corrected chi connectivity index (χ1v) is 7.14. The SMILES string of the molecule is CSCC(C)N(C)Cc1ccc(F)c(CN)c1. The molecule has 0 spiro atoms. The highest BCUT2D eigenvalue weighted by Gasteiger charge is 2.10. The molecule has 1 aromatic rings. The Labute approximate surface area is 107 Å². The number of nitrogens with zero attached hydrogens (tertiary/aromatic N) is 1. The van der Waals surface area contributed by atoms with Crippen LogP contribution in [0.2, 0.25) is 0 Å². The summed E-state index contributed by atoms with van der Waals surface area (Å²) in [5, 5.41) is 0. The normalized spacial score (nSPS) is 13.1. The smallest absolute Gasteiger partial charge is 0.127 e. The third kappa shape index (κ3) is 4.30. The van der Waals surface area contributed by atoms with Gasteiger partial charge in [0.05, 0.1) is 0 Å². The lowest BCUT2D eigenvalue weighted by Crippen LogP contribution is -2.30. The molecule has 0 bridgehead atoms. The van der Waals surface area contributed by atoms with Gasteiger partial charge in [0.15, 0.2) is 0 Å². The van der Waals surface area contributed by atoms with Gasteiger partial charge in [0, 0.05) is 30.4 Å². The maximum atomic E-state index is 13.3. The van der Waals surface area contributed by atoms with Crippen LogP contribution >= 0.6 is 11.8 Å². The third-order valence-corrected chi connectivity index (χ3v) is 3.74. The van der Waals surface area contributed by atoms with Crippen molar-refractivity contribution >= 4 is 11.8 Å². The van der Waals surface area contributed by atoms with Crippen LogP contribution < -0.4 is 5.73 Å². The zero-order chi connectivity index (χ0) is 12.8. The Morgan fingerprint density at radius 2 is 2.18 bits per heavy atom. The predicted octanol–water partition coefficient (Wildman–Crippen LogP) is 2.47. The molecule has 0 aliphatic rings. The van der Waals surface area contributed by atoms with Gasteiger partial charge < -0.3 is 5.73 Å². The van der Waals surface area contributed by atoms with Gasteiger partial charge in [0.1, 0.15) is 5.82 Å². The molecule has 2 nitrogen and oxygen atoms in total. The van der Waals surface area contributed by atoms with Gasteiger partial charge >= 0.3 is 0 Å². The van der Waals surface area contributed by atoms with E-state index in [9.17, 15) is 4.39 Å².